The molecule has 0 fully saturated rings. The number of para-hydroxylation sites is 3. The molecule has 0 saturated carbocycles. The molecule has 0 unspecified atom stereocenters. The van der Waals surface area contributed by atoms with Gasteiger partial charge in [0.25, 0.3) is 0 Å². The first kappa shape index (κ1) is 34.9. The van der Waals surface area contributed by atoms with E-state index in [2.05, 4.69) is 114 Å². The van der Waals surface area contributed by atoms with Crippen LogP contribution >= 0.6 is 0 Å². The molecule has 4 nitrogen and oxygen atoms in total. The van der Waals surface area contributed by atoms with Crippen LogP contribution in [-0.2, 0) is 31.9 Å². The topological polar surface area (TPSA) is 43.9 Å². The number of hydrogen-bond acceptors (Lipinski definition) is 3. The Morgan fingerprint density at radius 3 is 2.34 bits per heavy atom. The molecule has 0 atom stereocenters. The number of hydrogen-bond donors (Lipinski definition) is 0. The first-order valence-corrected chi connectivity index (χ1v) is 23.1. The number of nitrogens with zero attached hydrogens (tertiary/aromatic N) is 3. The molecule has 295 valence electrons. The van der Waals surface area contributed by atoms with Gasteiger partial charge in [-0.3, -0.25) is 4.98 Å². The van der Waals surface area contributed by atoms with E-state index in [0.717, 1.165) is 60.8 Å². The molecule has 1 radical (unpaired) electrons. The van der Waals surface area contributed by atoms with Crippen LogP contribution in [0.5, 0.6) is 0 Å². The van der Waals surface area contributed by atoms with Crippen molar-refractivity contribution in [2.24, 2.45) is 5.92 Å². The molecule has 0 aliphatic carbocycles. The third-order valence-corrected chi connectivity index (χ3v) is 12.3. The normalized spacial score (nSPS) is 13.7. The van der Waals surface area contributed by atoms with Crippen molar-refractivity contribution in [2.45, 2.75) is 72.9 Å². The van der Waals surface area contributed by atoms with Gasteiger partial charge in [0.15, 0.2) is 0 Å². The minimum Gasteiger partial charge on any atom is -0.501 e. The Morgan fingerprint density at radius 1 is 0.845 bits per heavy atom. The molecular weight excluding hydrogens is 903 g/mol. The van der Waals surface area contributed by atoms with Gasteiger partial charge in [-0.25, -0.2) is 0 Å². The van der Waals surface area contributed by atoms with Crippen molar-refractivity contribution >= 4 is 57.0 Å². The summed E-state index contributed by atoms with van der Waals surface area (Å²) in [5, 5.41) is 5.60. The Hall–Kier alpha value is -5.13. The summed E-state index contributed by atoms with van der Waals surface area (Å²) >= 11 is 0. The smallest absolute Gasteiger partial charge is 0.120 e. The standard InChI is InChI=1S/C29H17N2O.C23H34NSi.Ir/c1-2-9-20-18-21(17-16-19(20)8-1)31-26-14-5-4-13-25(26)30-29(31)24-12-7-11-23-22-10-3-6-15-27(22)32-28(23)24;1-16(2)12-19-14-21(24-15-22(19)25(7,8)9)18-11-10-17(3)20(13-18)23(4,5)6;/h1-11,13-18H;10,13-16H,12H2,1-9H3;/q2*-1;/i;3D3,12D2;. The van der Waals surface area contributed by atoms with Crippen LogP contribution < -0.4 is 5.19 Å². The van der Waals surface area contributed by atoms with Crippen LogP contribution in [0.4, 0.5) is 0 Å². The molecule has 58 heavy (non-hydrogen) atoms. The van der Waals surface area contributed by atoms with Gasteiger partial charge in [0.05, 0.1) is 30.5 Å². The zero-order valence-corrected chi connectivity index (χ0v) is 37.7. The van der Waals surface area contributed by atoms with Crippen molar-refractivity contribution in [3.05, 3.63) is 156 Å². The molecule has 9 aromatic rings. The summed E-state index contributed by atoms with van der Waals surface area (Å²) in [5.74, 6) is 0.640. The van der Waals surface area contributed by atoms with Crippen LogP contribution in [0.2, 0.25) is 19.6 Å². The Labute approximate surface area is 364 Å². The second-order valence-electron chi connectivity index (χ2n) is 17.1. The third kappa shape index (κ3) is 8.11. The van der Waals surface area contributed by atoms with Crippen LogP contribution in [0.3, 0.4) is 0 Å². The van der Waals surface area contributed by atoms with E-state index in [1.54, 1.807) is 6.07 Å². The number of rotatable bonds is 6. The minimum atomic E-state index is -2.22. The summed E-state index contributed by atoms with van der Waals surface area (Å²) in [6.07, 6.45) is 0.332. The zero-order chi connectivity index (χ0) is 44.4. The fraction of sp³-hybridized carbons (Fsp3) is 0.231. The summed E-state index contributed by atoms with van der Waals surface area (Å²) in [7, 11) is -1.82. The van der Waals surface area contributed by atoms with Gasteiger partial charge in [-0.05, 0) is 69.7 Å². The fourth-order valence-electron chi connectivity index (χ4n) is 7.52. The van der Waals surface area contributed by atoms with Crippen molar-refractivity contribution in [3.63, 3.8) is 0 Å². The van der Waals surface area contributed by atoms with Crippen molar-refractivity contribution < 1.29 is 31.4 Å². The average Bonchev–Trinajstić information content (AvgIpc) is 3.81. The molecule has 0 aliphatic heterocycles. The fourth-order valence-corrected chi connectivity index (χ4v) is 8.92. The Morgan fingerprint density at radius 2 is 1.59 bits per heavy atom. The molecule has 0 aliphatic rings. The maximum Gasteiger partial charge on any atom is 0.120 e. The van der Waals surface area contributed by atoms with E-state index >= 15 is 0 Å². The average molecular weight is 959 g/mol. The summed E-state index contributed by atoms with van der Waals surface area (Å²) in [6.45, 7) is 14.1. The Bertz CT molecular complexity index is 3120. The first-order valence-electron chi connectivity index (χ1n) is 22.1. The second-order valence-corrected chi connectivity index (χ2v) is 22.1. The third-order valence-electron chi connectivity index (χ3n) is 10.3. The minimum absolute atomic E-state index is 0. The quantitative estimate of drug-likeness (QED) is 0.123. The van der Waals surface area contributed by atoms with Crippen LogP contribution in [0.1, 0.15) is 58.2 Å². The van der Waals surface area contributed by atoms with E-state index in [9.17, 15) is 0 Å². The number of benzene rings is 6. The van der Waals surface area contributed by atoms with E-state index in [0.29, 0.717) is 22.4 Å². The van der Waals surface area contributed by atoms with Gasteiger partial charge in [0.2, 0.25) is 0 Å². The maximum absolute atomic E-state index is 8.74. The summed E-state index contributed by atoms with van der Waals surface area (Å²) in [4.78, 5) is 9.69. The van der Waals surface area contributed by atoms with Gasteiger partial charge < -0.3 is 14.0 Å². The molecule has 3 heterocycles. The second kappa shape index (κ2) is 16.3. The molecule has 6 aromatic carbocycles. The van der Waals surface area contributed by atoms with E-state index in [4.69, 9.17) is 16.3 Å². The molecule has 0 spiro atoms. The number of furan rings is 1. The molecular formula is C52H51IrN3OSi-2. The monoisotopic (exact) mass is 959 g/mol. The molecule has 0 N–H and O–H groups in total. The Kier molecular flexibility index (Phi) is 9.77. The van der Waals surface area contributed by atoms with Gasteiger partial charge in [0, 0.05) is 44.2 Å². The number of imidazole rings is 1. The predicted octanol–water partition coefficient (Wildman–Crippen LogP) is 13.4. The maximum atomic E-state index is 8.74. The summed E-state index contributed by atoms with van der Waals surface area (Å²) in [6, 6.07) is 47.1. The SMILES string of the molecule is [2H]C([2H])([2H])c1c[c-]c(-c2cc(C([2H])([2H])C(C)C)c([Si](C)(C)C)cn2)cc1C(C)(C)C.[Ir].[c-]1ccc2c(oc3ccccc32)c1-c1nc2ccccc2n1-c1ccc2ccccc2c1. The van der Waals surface area contributed by atoms with Gasteiger partial charge in [-0.1, -0.05) is 144 Å². The van der Waals surface area contributed by atoms with Gasteiger partial charge in [-0.15, -0.1) is 53.1 Å². The van der Waals surface area contributed by atoms with E-state index < -0.39 is 21.3 Å². The molecule has 6 heteroatoms. The largest absolute Gasteiger partial charge is 0.501 e. The number of fused-ring (bicyclic) bond motifs is 5. The van der Waals surface area contributed by atoms with Gasteiger partial charge in [0.1, 0.15) is 5.58 Å². The summed E-state index contributed by atoms with van der Waals surface area (Å²) < 4.78 is 49.6. The Balaban J connectivity index is 0.000000187. The van der Waals surface area contributed by atoms with Crippen LogP contribution in [-0.4, -0.2) is 22.6 Å². The van der Waals surface area contributed by atoms with Crippen LogP contribution in [0.25, 0.3) is 72.1 Å². The molecule has 3 aromatic heterocycles. The number of aryl methyl sites for hydroxylation is 1. The summed E-state index contributed by atoms with van der Waals surface area (Å²) in [5.41, 5.74) is 8.29. The van der Waals surface area contributed by atoms with Crippen LogP contribution in [0.15, 0.2) is 132 Å². The zero-order valence-electron chi connectivity index (χ0n) is 39.3. The molecule has 9 rings (SSSR count). The molecule has 0 amide bonds. The molecule has 0 bridgehead atoms. The predicted molar refractivity (Wildman–Crippen MR) is 244 cm³/mol. The van der Waals surface area contributed by atoms with E-state index in [1.807, 2.05) is 83.3 Å². The number of aromatic nitrogens is 3. The van der Waals surface area contributed by atoms with Crippen LogP contribution in [0, 0.1) is 24.9 Å². The van der Waals surface area contributed by atoms with E-state index in [-0.39, 0.29) is 31.4 Å². The van der Waals surface area contributed by atoms with E-state index in [1.165, 1.54) is 10.8 Å². The van der Waals surface area contributed by atoms with Crippen molar-refractivity contribution in [2.75, 3.05) is 0 Å². The van der Waals surface area contributed by atoms with Crippen molar-refractivity contribution in [1.82, 2.24) is 14.5 Å². The van der Waals surface area contributed by atoms with Gasteiger partial charge in [-0.2, -0.15) is 0 Å². The van der Waals surface area contributed by atoms with Crippen molar-refractivity contribution in [1.29, 1.82) is 0 Å². The number of pyridine rings is 1. The van der Waals surface area contributed by atoms with Crippen molar-refractivity contribution in [3.8, 4) is 28.3 Å². The first-order chi connectivity index (χ1) is 29.2. The molecule has 0 saturated heterocycles. The van der Waals surface area contributed by atoms with Gasteiger partial charge >= 0.3 is 0 Å².